The molecule has 1 aromatic rings. The summed E-state index contributed by atoms with van der Waals surface area (Å²) >= 11 is 0. The number of nitrogens with zero attached hydrogens (tertiary/aromatic N) is 1. The number of amides is 1. The highest BCUT2D eigenvalue weighted by atomic mass is 16.2. The Hall–Kier alpha value is -1.64. The van der Waals surface area contributed by atoms with Crippen LogP contribution in [0.2, 0.25) is 0 Å². The molecule has 0 saturated heterocycles. The first kappa shape index (κ1) is 19.4. The summed E-state index contributed by atoms with van der Waals surface area (Å²) in [4.78, 5) is 11.6. The molecule has 0 aliphatic carbocycles. The Labute approximate surface area is 141 Å². The number of unbranched alkanes of at least 4 members (excludes halogenated alkanes) is 7. The lowest BCUT2D eigenvalue weighted by molar-refractivity contribution is -0.121. The van der Waals surface area contributed by atoms with E-state index in [1.807, 2.05) is 18.2 Å². The van der Waals surface area contributed by atoms with Gasteiger partial charge in [0.1, 0.15) is 0 Å². The fourth-order valence-corrected chi connectivity index (χ4v) is 2.53. The number of rotatable bonds is 13. The molecule has 0 aromatic heterocycles. The van der Waals surface area contributed by atoms with E-state index in [4.69, 9.17) is 0 Å². The first-order chi connectivity index (χ1) is 11.3. The molecule has 0 spiro atoms. The van der Waals surface area contributed by atoms with E-state index in [1.54, 1.807) is 6.21 Å². The molecule has 23 heavy (non-hydrogen) atoms. The van der Waals surface area contributed by atoms with E-state index >= 15 is 0 Å². The lowest BCUT2D eigenvalue weighted by Gasteiger charge is -2.01. The second-order valence-electron chi connectivity index (χ2n) is 6.10. The van der Waals surface area contributed by atoms with Crippen LogP contribution in [0.5, 0.6) is 0 Å². The van der Waals surface area contributed by atoms with Crippen LogP contribution in [0.1, 0.15) is 76.7 Å². The topological polar surface area (TPSA) is 41.5 Å². The fraction of sp³-hybridized carbons (Fsp3) is 0.600. The van der Waals surface area contributed by atoms with Crippen molar-refractivity contribution in [2.45, 2.75) is 77.6 Å². The molecule has 1 aromatic carbocycles. The molecule has 0 fully saturated rings. The van der Waals surface area contributed by atoms with Crippen molar-refractivity contribution < 1.29 is 4.79 Å². The van der Waals surface area contributed by atoms with E-state index in [2.05, 4.69) is 29.6 Å². The second-order valence-corrected chi connectivity index (χ2v) is 6.10. The number of hydrogen-bond acceptors (Lipinski definition) is 2. The molecule has 1 amide bonds. The van der Waals surface area contributed by atoms with Crippen molar-refractivity contribution in [1.82, 2.24) is 5.43 Å². The van der Waals surface area contributed by atoms with Crippen LogP contribution >= 0.6 is 0 Å². The summed E-state index contributed by atoms with van der Waals surface area (Å²) in [6.07, 6.45) is 14.2. The van der Waals surface area contributed by atoms with Crippen LogP contribution in [0.25, 0.3) is 0 Å². The normalized spacial score (nSPS) is 11.0. The third-order valence-electron chi connectivity index (χ3n) is 3.94. The van der Waals surface area contributed by atoms with Crippen molar-refractivity contribution in [2.75, 3.05) is 0 Å². The predicted molar refractivity (Wildman–Crippen MR) is 98.6 cm³/mol. The lowest BCUT2D eigenvalue weighted by atomic mass is 10.1. The quantitative estimate of drug-likeness (QED) is 0.301. The molecule has 128 valence electrons. The van der Waals surface area contributed by atoms with Gasteiger partial charge in [-0.2, -0.15) is 5.10 Å². The van der Waals surface area contributed by atoms with E-state index in [-0.39, 0.29) is 5.91 Å². The zero-order valence-corrected chi connectivity index (χ0v) is 14.6. The van der Waals surface area contributed by atoms with Crippen LogP contribution < -0.4 is 5.43 Å². The Morgan fingerprint density at radius 3 is 2.35 bits per heavy atom. The van der Waals surface area contributed by atoms with Gasteiger partial charge in [0.05, 0.1) is 0 Å². The Morgan fingerprint density at radius 2 is 1.65 bits per heavy atom. The average molecular weight is 316 g/mol. The van der Waals surface area contributed by atoms with Crippen LogP contribution in [0.3, 0.4) is 0 Å². The van der Waals surface area contributed by atoms with Gasteiger partial charge in [-0.1, -0.05) is 82.2 Å². The number of benzene rings is 1. The summed E-state index contributed by atoms with van der Waals surface area (Å²) in [5.74, 6) is 0.0342. The molecule has 0 atom stereocenters. The molecule has 0 aliphatic heterocycles. The van der Waals surface area contributed by atoms with Gasteiger partial charge in [-0.15, -0.1) is 0 Å². The molecule has 0 radical (unpaired) electrons. The maximum atomic E-state index is 11.6. The average Bonchev–Trinajstić information content (AvgIpc) is 2.58. The SMILES string of the molecule is CCCCCCCCCCC(=O)N/N=C/CCc1ccccc1. The number of nitrogens with one attached hydrogen (secondary N) is 1. The minimum atomic E-state index is 0.0342. The van der Waals surface area contributed by atoms with Crippen LogP contribution in [-0.4, -0.2) is 12.1 Å². The van der Waals surface area contributed by atoms with Gasteiger partial charge in [0, 0.05) is 12.6 Å². The van der Waals surface area contributed by atoms with Gasteiger partial charge in [-0.05, 0) is 24.8 Å². The molecule has 0 aliphatic rings. The van der Waals surface area contributed by atoms with Crippen LogP contribution in [0.4, 0.5) is 0 Å². The van der Waals surface area contributed by atoms with Crippen molar-refractivity contribution in [3.05, 3.63) is 35.9 Å². The van der Waals surface area contributed by atoms with Gasteiger partial charge in [0.2, 0.25) is 5.91 Å². The molecule has 1 rings (SSSR count). The minimum absolute atomic E-state index is 0.0342. The summed E-state index contributed by atoms with van der Waals surface area (Å²) < 4.78 is 0. The van der Waals surface area contributed by atoms with Gasteiger partial charge < -0.3 is 0 Å². The van der Waals surface area contributed by atoms with Gasteiger partial charge >= 0.3 is 0 Å². The molecule has 0 bridgehead atoms. The molecular weight excluding hydrogens is 284 g/mol. The van der Waals surface area contributed by atoms with E-state index in [0.717, 1.165) is 25.7 Å². The number of hydrogen-bond donors (Lipinski definition) is 1. The number of hydrazone groups is 1. The molecule has 3 nitrogen and oxygen atoms in total. The number of carbonyl (C=O) groups is 1. The molecule has 1 N–H and O–H groups in total. The first-order valence-corrected chi connectivity index (χ1v) is 9.17. The van der Waals surface area contributed by atoms with Crippen molar-refractivity contribution in [1.29, 1.82) is 0 Å². The van der Waals surface area contributed by atoms with Crippen molar-refractivity contribution >= 4 is 12.1 Å². The van der Waals surface area contributed by atoms with E-state index in [1.165, 1.54) is 44.1 Å². The maximum absolute atomic E-state index is 11.6. The Kier molecular flexibility index (Phi) is 11.8. The lowest BCUT2D eigenvalue weighted by Crippen LogP contribution is -2.16. The van der Waals surface area contributed by atoms with Crippen molar-refractivity contribution in [3.63, 3.8) is 0 Å². The first-order valence-electron chi connectivity index (χ1n) is 9.17. The molecular formula is C20H32N2O. The Bertz CT molecular complexity index is 429. The molecule has 3 heteroatoms. The van der Waals surface area contributed by atoms with E-state index in [0.29, 0.717) is 6.42 Å². The highest BCUT2D eigenvalue weighted by molar-refractivity contribution is 5.76. The third-order valence-corrected chi connectivity index (χ3v) is 3.94. The highest BCUT2D eigenvalue weighted by Crippen LogP contribution is 2.09. The standard InChI is InChI=1S/C20H32N2O/c1-2-3-4-5-6-7-8-12-17-20(23)22-21-18-13-16-19-14-10-9-11-15-19/h9-11,14-15,18H,2-8,12-13,16-17H2,1H3,(H,22,23)/b21-18+. The molecule has 0 unspecified atom stereocenters. The minimum Gasteiger partial charge on any atom is -0.273 e. The Morgan fingerprint density at radius 1 is 1.00 bits per heavy atom. The largest absolute Gasteiger partial charge is 0.273 e. The summed E-state index contributed by atoms with van der Waals surface area (Å²) in [6, 6.07) is 10.3. The smallest absolute Gasteiger partial charge is 0.240 e. The number of aryl methyl sites for hydroxylation is 1. The fourth-order valence-electron chi connectivity index (χ4n) is 2.53. The van der Waals surface area contributed by atoms with Crippen LogP contribution in [-0.2, 0) is 11.2 Å². The van der Waals surface area contributed by atoms with Gasteiger partial charge in [-0.25, -0.2) is 5.43 Å². The van der Waals surface area contributed by atoms with Gasteiger partial charge in [0.25, 0.3) is 0 Å². The predicted octanol–water partition coefficient (Wildman–Crippen LogP) is 5.25. The van der Waals surface area contributed by atoms with Gasteiger partial charge in [-0.3, -0.25) is 4.79 Å². The summed E-state index contributed by atoms with van der Waals surface area (Å²) in [5, 5.41) is 4.01. The maximum Gasteiger partial charge on any atom is 0.240 e. The molecule has 0 heterocycles. The van der Waals surface area contributed by atoms with Crippen molar-refractivity contribution in [2.24, 2.45) is 5.10 Å². The Balaban J connectivity index is 1.92. The third kappa shape index (κ3) is 11.6. The second kappa shape index (κ2) is 14.0. The summed E-state index contributed by atoms with van der Waals surface area (Å²) in [5.41, 5.74) is 3.91. The van der Waals surface area contributed by atoms with Gasteiger partial charge in [0.15, 0.2) is 0 Å². The zero-order valence-electron chi connectivity index (χ0n) is 14.6. The highest BCUT2D eigenvalue weighted by Gasteiger charge is 1.99. The summed E-state index contributed by atoms with van der Waals surface area (Å²) in [6.45, 7) is 2.24. The molecule has 0 saturated carbocycles. The van der Waals surface area contributed by atoms with Crippen molar-refractivity contribution in [3.8, 4) is 0 Å². The monoisotopic (exact) mass is 316 g/mol. The van der Waals surface area contributed by atoms with E-state index in [9.17, 15) is 4.79 Å². The van der Waals surface area contributed by atoms with Crippen LogP contribution in [0.15, 0.2) is 35.4 Å². The number of carbonyl (C=O) groups excluding carboxylic acids is 1. The van der Waals surface area contributed by atoms with E-state index < -0.39 is 0 Å². The zero-order chi connectivity index (χ0) is 16.6. The van der Waals surface area contributed by atoms with Crippen LogP contribution in [0, 0.1) is 0 Å². The summed E-state index contributed by atoms with van der Waals surface area (Å²) in [7, 11) is 0.